The summed E-state index contributed by atoms with van der Waals surface area (Å²) in [4.78, 5) is 0. The Morgan fingerprint density at radius 1 is 1.25 bits per heavy atom. The first-order chi connectivity index (χ1) is 14.1. The van der Waals surface area contributed by atoms with Crippen LogP contribution in [0, 0.1) is 17.3 Å². The van der Waals surface area contributed by atoms with Gasteiger partial charge in [-0.15, -0.1) is 0 Å². The largest absolute Gasteiger partial charge is 0.393 e. The quantitative estimate of drug-likeness (QED) is 0.197. The minimum Gasteiger partial charge on any atom is -0.393 e. The molecule has 2 fully saturated rings. The molecule has 0 aromatic heterocycles. The van der Waals surface area contributed by atoms with Gasteiger partial charge in [0.2, 0.25) is 0 Å². The number of rotatable bonds is 14. The van der Waals surface area contributed by atoms with Crippen LogP contribution in [0.15, 0.2) is 24.3 Å². The molecule has 0 heterocycles. The molecule has 0 amide bonds. The monoisotopic (exact) mass is 430 g/mol. The van der Waals surface area contributed by atoms with Crippen molar-refractivity contribution >= 4 is 18.9 Å². The maximum atomic E-state index is 10.6. The number of aliphatic hydroxyl groups is 1. The summed E-state index contributed by atoms with van der Waals surface area (Å²) in [5.74, 6) is 0.349. The summed E-state index contributed by atoms with van der Waals surface area (Å²) < 4.78 is 19.1. The lowest BCUT2D eigenvalue weighted by Crippen LogP contribution is -2.41. The van der Waals surface area contributed by atoms with E-state index >= 15 is 0 Å². The third-order valence-electron chi connectivity index (χ3n) is 7.00. The highest BCUT2D eigenvalue weighted by Gasteiger charge is 2.43. The van der Waals surface area contributed by atoms with E-state index in [0.29, 0.717) is 11.8 Å². The molecule has 5 heteroatoms. The summed E-state index contributed by atoms with van der Waals surface area (Å²) in [5, 5.41) is 10.6. The van der Waals surface area contributed by atoms with Gasteiger partial charge in [-0.2, -0.15) is 0 Å². The van der Waals surface area contributed by atoms with Crippen LogP contribution in [-0.4, -0.2) is 24.7 Å². The van der Waals surface area contributed by atoms with Crippen molar-refractivity contribution in [1.29, 1.82) is 1.28 Å². The Morgan fingerprint density at radius 3 is 2.68 bits per heavy atom. The predicted octanol–water partition coefficient (Wildman–Crippen LogP) is 6.39. The second-order valence-electron chi connectivity index (χ2n) is 8.80. The lowest BCUT2D eigenvalue weighted by molar-refractivity contribution is -0.0141. The van der Waals surface area contributed by atoms with Crippen molar-refractivity contribution < 1.29 is 14.2 Å². The van der Waals surface area contributed by atoms with Gasteiger partial charge < -0.3 is 14.2 Å². The normalized spacial score (nSPS) is 31.8. The number of hydrogen-bond acceptors (Lipinski definition) is 3. The summed E-state index contributed by atoms with van der Waals surface area (Å²) in [6.45, 7) is 4.47. The molecule has 7 atom stereocenters. The molecule has 2 aliphatic carbocycles. The molecule has 2 rings (SSSR count). The van der Waals surface area contributed by atoms with E-state index in [1.807, 2.05) is 0 Å². The Balaban J connectivity index is 2.00. The summed E-state index contributed by atoms with van der Waals surface area (Å²) in [6, 6.07) is 0. The topological polar surface area (TPSA) is 38.7 Å². The Kier molecular flexibility index (Phi) is 10.5. The van der Waals surface area contributed by atoms with Gasteiger partial charge in [0.25, 0.3) is 0 Å². The van der Waals surface area contributed by atoms with Gasteiger partial charge in [-0.05, 0) is 49.9 Å². The van der Waals surface area contributed by atoms with E-state index in [0.717, 1.165) is 19.3 Å². The molecule has 2 saturated carbocycles. The van der Waals surface area contributed by atoms with Crippen LogP contribution in [0.5, 0.6) is 0 Å². The molecule has 162 valence electrons. The van der Waals surface area contributed by atoms with Gasteiger partial charge in [0.05, 0.1) is 19.6 Å². The fraction of sp³-hybridized carbons (Fsp3) is 0.826. The van der Waals surface area contributed by atoms with Crippen molar-refractivity contribution in [2.75, 3.05) is 0 Å². The highest BCUT2D eigenvalue weighted by molar-refractivity contribution is 7.10. The number of unbranched alkanes of at least 4 members (excludes halogenated alkanes) is 2. The summed E-state index contributed by atoms with van der Waals surface area (Å²) in [7, 11) is 2.21. The van der Waals surface area contributed by atoms with Crippen molar-refractivity contribution in [3.63, 3.8) is 0 Å². The number of hydrogen-bond donors (Lipinski definition) is 1. The molecule has 1 N–H and O–H groups in total. The van der Waals surface area contributed by atoms with Gasteiger partial charge >= 0.3 is 0 Å². The van der Waals surface area contributed by atoms with Crippen LogP contribution in [0.1, 0.15) is 84.5 Å². The second kappa shape index (κ2) is 12.8. The first-order valence-corrected chi connectivity index (χ1v) is 12.2. The van der Waals surface area contributed by atoms with E-state index in [1.165, 1.54) is 44.9 Å². The van der Waals surface area contributed by atoms with Crippen LogP contribution < -0.4 is 0 Å². The Morgan fingerprint density at radius 2 is 2.07 bits per heavy atom. The Bertz CT molecular complexity index is 510. The lowest BCUT2D eigenvalue weighted by atomic mass is 9.62. The van der Waals surface area contributed by atoms with Gasteiger partial charge in [-0.25, -0.2) is 0 Å². The van der Waals surface area contributed by atoms with E-state index in [2.05, 4.69) is 47.6 Å². The molecule has 0 spiro atoms. The Labute approximate surface area is 179 Å². The second-order valence-corrected chi connectivity index (χ2v) is 9.31. The van der Waals surface area contributed by atoms with Crippen LogP contribution in [0.2, 0.25) is 0 Å². The molecular weight excluding hydrogens is 386 g/mol. The van der Waals surface area contributed by atoms with Crippen LogP contribution in [-0.2, 0) is 9.05 Å². The van der Waals surface area contributed by atoms with E-state index in [4.69, 9.17) is 10.3 Å². The molecule has 0 aliphatic heterocycles. The van der Waals surface area contributed by atoms with Gasteiger partial charge in [-0.3, -0.25) is 0 Å². The van der Waals surface area contributed by atoms with Gasteiger partial charge in [-0.1, -0.05) is 63.8 Å². The molecule has 0 radical (unpaired) electrons. The molecule has 0 aromatic rings. The van der Waals surface area contributed by atoms with E-state index < -0.39 is 0 Å². The van der Waals surface area contributed by atoms with Gasteiger partial charge in [0.15, 0.2) is 0 Å². The molecule has 0 aromatic carbocycles. The predicted molar refractivity (Wildman–Crippen MR) is 125 cm³/mol. The average Bonchev–Trinajstić information content (AvgIpc) is 2.97. The fourth-order valence-electron chi connectivity index (χ4n) is 5.17. The first kappa shape index (κ1) is 22.9. The maximum Gasteiger partial charge on any atom is 0.0851 e. The molecule has 28 heavy (non-hydrogen) atoms. The number of aliphatic hydroxyl groups excluding tert-OH is 1. The van der Waals surface area contributed by atoms with Gasteiger partial charge in [0.1, 0.15) is 0 Å². The Hall–Kier alpha value is 0.220. The van der Waals surface area contributed by atoms with Crippen LogP contribution in [0.3, 0.4) is 0 Å². The third-order valence-corrected chi connectivity index (χ3v) is 7.63. The fourth-order valence-corrected chi connectivity index (χ4v) is 5.83. The van der Waals surface area contributed by atoms with Crippen molar-refractivity contribution in [3.8, 4) is 0 Å². The maximum absolute atomic E-state index is 10.6. The van der Waals surface area contributed by atoms with Crippen molar-refractivity contribution in [1.82, 2.24) is 0 Å². The SMILES string of the molecule is [3H]PO[C@@H]1C[C@H](O)[C@H](C/C=C\CCCC)[C@H]1/C=C/CC(OP)C1(CCC)CCC1. The van der Waals surface area contributed by atoms with E-state index in [9.17, 15) is 5.11 Å². The smallest absolute Gasteiger partial charge is 0.0851 e. The average molecular weight is 431 g/mol. The highest BCUT2D eigenvalue weighted by atomic mass is 31.0. The standard InChI is InChI=1S/C23H42O3P2/c1-3-5-6-7-8-11-18-19(21(25-27)17-20(18)24)12-9-13-22(26-28)23(14-4-2)15-10-16-23/h7-9,12,18-22,24H,3-6,10-11,13-17,27-28H2,1-2H3/b8-7-,12-9+/t18-,19-,20+,21-,22?/m1/s1/i27T/t18-,19-,20+,21-,22?,27?. The molecule has 3 unspecified atom stereocenters. The summed E-state index contributed by atoms with van der Waals surface area (Å²) >= 11 is 0. The molecule has 0 bridgehead atoms. The lowest BCUT2D eigenvalue weighted by Gasteiger charge is -2.47. The zero-order valence-corrected chi connectivity index (χ0v) is 20.0. The van der Waals surface area contributed by atoms with Crippen molar-refractivity contribution in [2.24, 2.45) is 17.3 Å². The van der Waals surface area contributed by atoms with Crippen LogP contribution >= 0.6 is 18.9 Å². The molecular formula is C23H42O3P2. The summed E-state index contributed by atoms with van der Waals surface area (Å²) in [5.41, 5.74) is 0.343. The van der Waals surface area contributed by atoms with Crippen LogP contribution in [0.4, 0.5) is 0 Å². The van der Waals surface area contributed by atoms with Crippen LogP contribution in [0.25, 0.3) is 0 Å². The molecule has 0 saturated heterocycles. The minimum atomic E-state index is -0.353. The van der Waals surface area contributed by atoms with Crippen molar-refractivity contribution in [3.05, 3.63) is 24.3 Å². The summed E-state index contributed by atoms with van der Waals surface area (Å²) in [6.07, 6.45) is 21.1. The van der Waals surface area contributed by atoms with Crippen molar-refractivity contribution in [2.45, 2.75) is 103 Å². The first-order valence-electron chi connectivity index (χ1n) is 11.8. The van der Waals surface area contributed by atoms with Gasteiger partial charge in [0, 0.05) is 31.2 Å². The third kappa shape index (κ3) is 6.36. The molecule has 3 nitrogen and oxygen atoms in total. The minimum absolute atomic E-state index is 0.0465. The van der Waals surface area contributed by atoms with E-state index in [1.54, 1.807) is 0 Å². The van der Waals surface area contributed by atoms with E-state index in [-0.39, 0.29) is 39.6 Å². The molecule has 2 aliphatic rings. The number of allylic oxidation sites excluding steroid dienone is 2. The zero-order valence-electron chi connectivity index (χ0n) is 18.8. The zero-order chi connectivity index (χ0) is 21.1. The highest BCUT2D eigenvalue weighted by Crippen LogP contribution is 2.50.